The van der Waals surface area contributed by atoms with Crippen LogP contribution in [0, 0.1) is 23.7 Å². The molecule has 2 amide bonds. The molecule has 7 nitrogen and oxygen atoms in total. The summed E-state index contributed by atoms with van der Waals surface area (Å²) >= 11 is 6.58. The fraction of sp³-hybridized carbons (Fsp3) is 0.238. The van der Waals surface area contributed by atoms with Crippen LogP contribution in [-0.2, 0) is 31.0 Å². The Bertz CT molecular complexity index is 2110. The summed E-state index contributed by atoms with van der Waals surface area (Å²) in [6.07, 6.45) is 4.33. The Labute approximate surface area is 294 Å². The van der Waals surface area contributed by atoms with E-state index in [2.05, 4.69) is 0 Å². The van der Waals surface area contributed by atoms with E-state index >= 15 is 4.79 Å². The van der Waals surface area contributed by atoms with Gasteiger partial charge in [0.1, 0.15) is 11.5 Å². The lowest BCUT2D eigenvalue weighted by atomic mass is 9.44. The Morgan fingerprint density at radius 3 is 2.22 bits per heavy atom. The van der Waals surface area contributed by atoms with Gasteiger partial charge in [-0.05, 0) is 78.3 Å². The molecule has 0 radical (unpaired) electrons. The molecule has 1 aliphatic heterocycles. The van der Waals surface area contributed by atoms with E-state index in [-0.39, 0.29) is 54.3 Å². The first-order chi connectivity index (χ1) is 24.2. The van der Waals surface area contributed by atoms with Gasteiger partial charge in [-0.1, -0.05) is 96.0 Å². The van der Waals surface area contributed by atoms with Crippen molar-refractivity contribution < 1.29 is 29.4 Å². The van der Waals surface area contributed by atoms with E-state index in [1.54, 1.807) is 36.4 Å². The predicted molar refractivity (Wildman–Crippen MR) is 188 cm³/mol. The monoisotopic (exact) mass is 683 g/mol. The molecule has 0 aromatic heterocycles. The summed E-state index contributed by atoms with van der Waals surface area (Å²) in [5.41, 5.74) is 2.18. The number of ketones is 2. The van der Waals surface area contributed by atoms with Crippen molar-refractivity contribution in [1.29, 1.82) is 0 Å². The number of hydrogen-bond acceptors (Lipinski definition) is 6. The number of carbonyl (C=O) groups is 4. The summed E-state index contributed by atoms with van der Waals surface area (Å²) in [7, 11) is 0. The largest absolute Gasteiger partial charge is 0.508 e. The standard InChI is InChI=1S/C42H34ClNO6/c43-27-13-18-35(46)33(21-27)38-29-16-17-30-37(41(50)44(40(30)49)20-19-24-11-14-28(45)15-12-24)32(29)22-34-39(48)31(25-7-3-1-4-8-25)23-36(47)42(34,38)26-9-5-2-6-10-26/h1-16,18,21,23,30,32,34,37-38,45-46H,17,19-20,22H2. The number of hydrogen-bond donors (Lipinski definition) is 2. The van der Waals surface area contributed by atoms with Gasteiger partial charge in [0.2, 0.25) is 11.8 Å². The highest BCUT2D eigenvalue weighted by Crippen LogP contribution is 2.64. The molecule has 1 heterocycles. The number of fused-ring (bicyclic) bond motifs is 4. The molecule has 3 aliphatic carbocycles. The van der Waals surface area contributed by atoms with E-state index in [4.69, 9.17) is 11.6 Å². The highest BCUT2D eigenvalue weighted by molar-refractivity contribution is 6.32. The van der Waals surface area contributed by atoms with Gasteiger partial charge in [0.25, 0.3) is 0 Å². The summed E-state index contributed by atoms with van der Waals surface area (Å²) in [5.74, 6) is -4.56. The molecule has 1 saturated carbocycles. The highest BCUT2D eigenvalue weighted by atomic mass is 35.5. The summed E-state index contributed by atoms with van der Waals surface area (Å²) in [4.78, 5) is 59.7. The maximum absolute atomic E-state index is 15.1. The number of phenols is 2. The van der Waals surface area contributed by atoms with E-state index in [1.807, 2.05) is 66.7 Å². The van der Waals surface area contributed by atoms with Gasteiger partial charge in [0.15, 0.2) is 11.6 Å². The predicted octanol–water partition coefficient (Wildman–Crippen LogP) is 6.82. The van der Waals surface area contributed by atoms with Crippen molar-refractivity contribution in [2.75, 3.05) is 6.54 Å². The lowest BCUT2D eigenvalue weighted by molar-refractivity contribution is -0.140. The van der Waals surface area contributed by atoms with Crippen molar-refractivity contribution in [3.8, 4) is 11.5 Å². The van der Waals surface area contributed by atoms with E-state index < -0.39 is 35.0 Å². The number of Topliss-reactive ketones (excluding diaryl/α,β-unsaturated/α-hetero) is 1. The van der Waals surface area contributed by atoms with Crippen molar-refractivity contribution in [3.05, 3.63) is 148 Å². The van der Waals surface area contributed by atoms with Crippen LogP contribution in [0.15, 0.2) is 121 Å². The Kier molecular flexibility index (Phi) is 7.83. The number of nitrogens with zero attached hydrogens (tertiary/aromatic N) is 1. The molecule has 1 saturated heterocycles. The number of rotatable bonds is 6. The van der Waals surface area contributed by atoms with Crippen LogP contribution in [0.5, 0.6) is 11.5 Å². The van der Waals surface area contributed by atoms with Gasteiger partial charge in [-0.15, -0.1) is 0 Å². The van der Waals surface area contributed by atoms with Gasteiger partial charge in [-0.3, -0.25) is 24.1 Å². The van der Waals surface area contributed by atoms with Crippen molar-refractivity contribution in [2.45, 2.75) is 30.6 Å². The van der Waals surface area contributed by atoms with Crippen LogP contribution < -0.4 is 0 Å². The number of aromatic hydroxyl groups is 2. The Morgan fingerprint density at radius 1 is 0.800 bits per heavy atom. The maximum atomic E-state index is 15.1. The molecular formula is C42H34ClNO6. The zero-order chi connectivity index (χ0) is 34.7. The zero-order valence-corrected chi connectivity index (χ0v) is 27.8. The first-order valence-corrected chi connectivity index (χ1v) is 17.3. The lowest BCUT2D eigenvalue weighted by Crippen LogP contribution is -2.58. The zero-order valence-electron chi connectivity index (χ0n) is 27.0. The third-order valence-electron chi connectivity index (χ3n) is 11.3. The van der Waals surface area contributed by atoms with E-state index in [1.165, 1.54) is 17.0 Å². The van der Waals surface area contributed by atoms with Crippen LogP contribution in [0.4, 0.5) is 0 Å². The minimum Gasteiger partial charge on any atom is -0.508 e. The Morgan fingerprint density at radius 2 is 1.50 bits per heavy atom. The first kappa shape index (κ1) is 32.0. The van der Waals surface area contributed by atoms with Crippen molar-refractivity contribution in [2.24, 2.45) is 23.7 Å². The number of amides is 2. The molecule has 6 atom stereocenters. The van der Waals surface area contributed by atoms with Gasteiger partial charge in [-0.25, -0.2) is 0 Å². The number of halogens is 1. The van der Waals surface area contributed by atoms with E-state index in [9.17, 15) is 24.6 Å². The molecule has 8 heteroatoms. The minimum absolute atomic E-state index is 0.0698. The van der Waals surface area contributed by atoms with Crippen LogP contribution in [0.1, 0.15) is 41.0 Å². The van der Waals surface area contributed by atoms with Crippen molar-refractivity contribution >= 4 is 40.6 Å². The minimum atomic E-state index is -1.45. The number of carbonyl (C=O) groups excluding carboxylic acids is 4. The van der Waals surface area contributed by atoms with Crippen molar-refractivity contribution in [3.63, 3.8) is 0 Å². The number of imide groups is 1. The summed E-state index contributed by atoms with van der Waals surface area (Å²) in [6.45, 7) is 0.186. The average Bonchev–Trinajstić information content (AvgIpc) is 3.38. The quantitative estimate of drug-likeness (QED) is 0.171. The summed E-state index contributed by atoms with van der Waals surface area (Å²) < 4.78 is 0. The van der Waals surface area contributed by atoms with Gasteiger partial charge in [0, 0.05) is 34.5 Å². The number of likely N-dealkylation sites (tertiary alicyclic amines) is 1. The maximum Gasteiger partial charge on any atom is 0.233 e. The molecule has 0 spiro atoms. The second-order valence-corrected chi connectivity index (χ2v) is 14.2. The normalized spacial score (nSPS) is 27.3. The molecule has 8 rings (SSSR count). The topological polar surface area (TPSA) is 112 Å². The van der Waals surface area contributed by atoms with Crippen LogP contribution in [-0.4, -0.2) is 45.0 Å². The molecule has 2 N–H and O–H groups in total. The van der Waals surface area contributed by atoms with E-state index in [0.29, 0.717) is 33.7 Å². The van der Waals surface area contributed by atoms with Crippen LogP contribution in [0.3, 0.4) is 0 Å². The van der Waals surface area contributed by atoms with Crippen LogP contribution >= 0.6 is 11.6 Å². The van der Waals surface area contributed by atoms with Crippen LogP contribution in [0.2, 0.25) is 5.02 Å². The Hall–Kier alpha value is -5.27. The number of phenolic OH excluding ortho intramolecular Hbond substituents is 2. The summed E-state index contributed by atoms with van der Waals surface area (Å²) in [5, 5.41) is 21.5. The van der Waals surface area contributed by atoms with Gasteiger partial charge >= 0.3 is 0 Å². The SMILES string of the molecule is O=C1C(c2ccccc2)=CC(=O)C2(c3ccccc3)C1CC1C(=CCC3C(=O)N(CCc4ccc(O)cc4)C(=O)C31)C2c1cc(Cl)ccc1O. The lowest BCUT2D eigenvalue weighted by Gasteiger charge is -2.55. The van der Waals surface area contributed by atoms with E-state index in [0.717, 1.165) is 11.1 Å². The summed E-state index contributed by atoms with van der Waals surface area (Å²) in [6, 6.07) is 29.8. The molecular weight excluding hydrogens is 650 g/mol. The second kappa shape index (κ2) is 12.3. The average molecular weight is 684 g/mol. The highest BCUT2D eigenvalue weighted by Gasteiger charge is 2.66. The molecule has 0 bridgehead atoms. The first-order valence-electron chi connectivity index (χ1n) is 16.9. The van der Waals surface area contributed by atoms with Gasteiger partial charge in [-0.2, -0.15) is 0 Å². The van der Waals surface area contributed by atoms with Gasteiger partial charge in [0.05, 0.1) is 17.3 Å². The third-order valence-corrected chi connectivity index (χ3v) is 11.6. The van der Waals surface area contributed by atoms with Crippen molar-refractivity contribution in [1.82, 2.24) is 4.90 Å². The fourth-order valence-corrected chi connectivity index (χ4v) is 9.35. The Balaban J connectivity index is 1.29. The molecule has 6 unspecified atom stereocenters. The fourth-order valence-electron chi connectivity index (χ4n) is 9.16. The number of allylic oxidation sites excluding steroid dienone is 4. The smallest absolute Gasteiger partial charge is 0.233 e. The second-order valence-electron chi connectivity index (χ2n) is 13.7. The molecule has 4 aliphatic rings. The molecule has 250 valence electrons. The number of benzene rings is 4. The van der Waals surface area contributed by atoms with Crippen LogP contribution in [0.25, 0.3) is 5.57 Å². The molecule has 4 aromatic rings. The molecule has 2 fully saturated rings. The van der Waals surface area contributed by atoms with Gasteiger partial charge < -0.3 is 10.2 Å². The molecule has 50 heavy (non-hydrogen) atoms. The third kappa shape index (κ3) is 4.86. The molecule has 4 aromatic carbocycles.